The van der Waals surface area contributed by atoms with Gasteiger partial charge in [0.1, 0.15) is 11.5 Å². The normalized spacial score (nSPS) is 11.0. The highest BCUT2D eigenvalue weighted by Gasteiger charge is 2.08. The number of carbonyl (C=O) groups is 1. The molecule has 0 spiro atoms. The number of aliphatic imine (C=N–C) groups is 1. The minimum Gasteiger partial charge on any atom is -0.497 e. The monoisotopic (exact) mass is 412 g/mol. The molecule has 1 amide bonds. The lowest BCUT2D eigenvalue weighted by Gasteiger charge is -2.14. The van der Waals surface area contributed by atoms with Crippen molar-refractivity contribution in [1.82, 2.24) is 15.5 Å². The number of benzene rings is 2. The molecule has 7 heteroatoms. The summed E-state index contributed by atoms with van der Waals surface area (Å²) in [6.07, 6.45) is 0.770. The molecular weight excluding hydrogens is 380 g/mol. The Kier molecular flexibility index (Phi) is 9.00. The highest BCUT2D eigenvalue weighted by atomic mass is 16.5. The summed E-state index contributed by atoms with van der Waals surface area (Å²) in [6.45, 7) is 4.02. The maximum Gasteiger partial charge on any atom is 0.253 e. The number of methoxy groups -OCH3 is 2. The molecule has 2 aromatic carbocycles. The number of hydrogen-bond donors (Lipinski definition) is 2. The lowest BCUT2D eigenvalue weighted by Crippen LogP contribution is -2.38. The van der Waals surface area contributed by atoms with Gasteiger partial charge in [-0.05, 0) is 54.8 Å². The van der Waals surface area contributed by atoms with Gasteiger partial charge >= 0.3 is 0 Å². The summed E-state index contributed by atoms with van der Waals surface area (Å²) in [4.78, 5) is 18.2. The van der Waals surface area contributed by atoms with Crippen LogP contribution in [-0.4, -0.2) is 58.2 Å². The van der Waals surface area contributed by atoms with E-state index in [1.807, 2.05) is 49.4 Å². The number of nitrogens with zero attached hydrogens (tertiary/aromatic N) is 2. The Hall–Kier alpha value is -3.22. The van der Waals surface area contributed by atoms with E-state index in [4.69, 9.17) is 9.47 Å². The molecule has 0 aromatic heterocycles. The van der Waals surface area contributed by atoms with Gasteiger partial charge in [-0.2, -0.15) is 0 Å². The molecule has 0 heterocycles. The third kappa shape index (κ3) is 6.69. The standard InChI is InChI=1S/C23H32N4O3/c1-6-24-23(25-14-13-19-15-20(29-4)11-12-21(19)30-5)26-16-17-7-9-18(10-8-17)22(28)27(2)3/h7-12,15H,6,13-14,16H2,1-5H3,(H2,24,25,26). The number of amides is 1. The summed E-state index contributed by atoms with van der Waals surface area (Å²) < 4.78 is 10.7. The number of carbonyl (C=O) groups excluding carboxylic acids is 1. The van der Waals surface area contributed by atoms with E-state index in [0.29, 0.717) is 18.7 Å². The molecule has 0 aliphatic carbocycles. The van der Waals surface area contributed by atoms with Gasteiger partial charge in [-0.1, -0.05) is 12.1 Å². The molecule has 7 nitrogen and oxygen atoms in total. The molecule has 30 heavy (non-hydrogen) atoms. The highest BCUT2D eigenvalue weighted by Crippen LogP contribution is 2.24. The first kappa shape index (κ1) is 23.1. The van der Waals surface area contributed by atoms with Crippen LogP contribution in [0.2, 0.25) is 0 Å². The minimum atomic E-state index is -0.00646. The first-order valence-corrected chi connectivity index (χ1v) is 10.0. The molecule has 2 rings (SSSR count). The van der Waals surface area contributed by atoms with E-state index in [9.17, 15) is 4.79 Å². The lowest BCUT2D eigenvalue weighted by atomic mass is 10.1. The first-order valence-electron chi connectivity index (χ1n) is 10.0. The van der Waals surface area contributed by atoms with Crippen molar-refractivity contribution >= 4 is 11.9 Å². The number of guanidine groups is 1. The van der Waals surface area contributed by atoms with Crippen LogP contribution in [0.25, 0.3) is 0 Å². The van der Waals surface area contributed by atoms with Gasteiger partial charge in [0, 0.05) is 32.7 Å². The van der Waals surface area contributed by atoms with Gasteiger partial charge in [-0.25, -0.2) is 4.99 Å². The molecular formula is C23H32N4O3. The molecule has 0 unspecified atom stereocenters. The molecule has 0 saturated heterocycles. The van der Waals surface area contributed by atoms with Gasteiger partial charge in [0.2, 0.25) is 0 Å². The predicted octanol–water partition coefficient (Wildman–Crippen LogP) is 2.70. The average molecular weight is 413 g/mol. The number of hydrogen-bond acceptors (Lipinski definition) is 4. The third-order valence-electron chi connectivity index (χ3n) is 4.55. The second kappa shape index (κ2) is 11.7. The topological polar surface area (TPSA) is 75.2 Å². The van der Waals surface area contributed by atoms with Gasteiger partial charge in [-0.15, -0.1) is 0 Å². The van der Waals surface area contributed by atoms with Gasteiger partial charge in [-0.3, -0.25) is 4.79 Å². The van der Waals surface area contributed by atoms with E-state index in [-0.39, 0.29) is 5.91 Å². The van der Waals surface area contributed by atoms with E-state index in [1.165, 1.54) is 0 Å². The van der Waals surface area contributed by atoms with Crippen LogP contribution in [0.15, 0.2) is 47.5 Å². The molecule has 2 aromatic rings. The molecule has 0 aliphatic rings. The zero-order chi connectivity index (χ0) is 21.9. The molecule has 0 fully saturated rings. The van der Waals surface area contributed by atoms with Gasteiger partial charge in [0.25, 0.3) is 5.91 Å². The fourth-order valence-electron chi connectivity index (χ4n) is 2.92. The Labute approximate surface area is 179 Å². The quantitative estimate of drug-likeness (QED) is 0.489. The fraction of sp³-hybridized carbons (Fsp3) is 0.391. The lowest BCUT2D eigenvalue weighted by molar-refractivity contribution is 0.0827. The highest BCUT2D eigenvalue weighted by molar-refractivity contribution is 5.93. The number of rotatable bonds is 9. The molecule has 0 aliphatic heterocycles. The van der Waals surface area contributed by atoms with Gasteiger partial charge in [0.05, 0.1) is 20.8 Å². The molecule has 0 saturated carbocycles. The van der Waals surface area contributed by atoms with E-state index in [0.717, 1.165) is 41.6 Å². The van der Waals surface area contributed by atoms with Crippen molar-refractivity contribution in [3.63, 3.8) is 0 Å². The van der Waals surface area contributed by atoms with Crippen LogP contribution >= 0.6 is 0 Å². The van der Waals surface area contributed by atoms with Crippen molar-refractivity contribution in [3.05, 3.63) is 59.2 Å². The third-order valence-corrected chi connectivity index (χ3v) is 4.55. The van der Waals surface area contributed by atoms with Crippen molar-refractivity contribution in [2.75, 3.05) is 41.4 Å². The minimum absolute atomic E-state index is 0.00646. The molecule has 162 valence electrons. The summed E-state index contributed by atoms with van der Waals surface area (Å²) >= 11 is 0. The van der Waals surface area contributed by atoms with Gasteiger partial charge in [0.15, 0.2) is 5.96 Å². The summed E-state index contributed by atoms with van der Waals surface area (Å²) in [7, 11) is 6.82. The van der Waals surface area contributed by atoms with Crippen LogP contribution in [-0.2, 0) is 13.0 Å². The zero-order valence-electron chi connectivity index (χ0n) is 18.5. The maximum absolute atomic E-state index is 12.0. The predicted molar refractivity (Wildman–Crippen MR) is 121 cm³/mol. The van der Waals surface area contributed by atoms with Crippen LogP contribution in [0.5, 0.6) is 11.5 Å². The van der Waals surface area contributed by atoms with Crippen LogP contribution in [0, 0.1) is 0 Å². The van der Waals surface area contributed by atoms with Gasteiger partial charge < -0.3 is 25.0 Å². The zero-order valence-corrected chi connectivity index (χ0v) is 18.5. The van der Waals surface area contributed by atoms with Crippen molar-refractivity contribution in [3.8, 4) is 11.5 Å². The number of nitrogens with one attached hydrogen (secondary N) is 2. The van der Waals surface area contributed by atoms with Crippen LogP contribution in [0.1, 0.15) is 28.4 Å². The Morgan fingerprint density at radius 1 is 1.03 bits per heavy atom. The van der Waals surface area contributed by atoms with Crippen molar-refractivity contribution in [2.24, 2.45) is 4.99 Å². The SMILES string of the molecule is CCNC(=NCc1ccc(C(=O)N(C)C)cc1)NCCc1cc(OC)ccc1OC. The van der Waals surface area contributed by atoms with Crippen LogP contribution < -0.4 is 20.1 Å². The van der Waals surface area contributed by atoms with Crippen LogP contribution in [0.4, 0.5) is 0 Å². The molecule has 2 N–H and O–H groups in total. The Morgan fingerprint density at radius 2 is 1.77 bits per heavy atom. The van der Waals surface area contributed by atoms with E-state index in [2.05, 4.69) is 15.6 Å². The Morgan fingerprint density at radius 3 is 2.37 bits per heavy atom. The first-order chi connectivity index (χ1) is 14.5. The molecule has 0 radical (unpaired) electrons. The van der Waals surface area contributed by atoms with E-state index in [1.54, 1.807) is 33.2 Å². The van der Waals surface area contributed by atoms with Crippen LogP contribution in [0.3, 0.4) is 0 Å². The van der Waals surface area contributed by atoms with Crippen molar-refractivity contribution in [2.45, 2.75) is 19.9 Å². The summed E-state index contributed by atoms with van der Waals surface area (Å²) in [5.41, 5.74) is 2.78. The largest absolute Gasteiger partial charge is 0.497 e. The Balaban J connectivity index is 1.97. The van der Waals surface area contributed by atoms with Crippen molar-refractivity contribution in [1.29, 1.82) is 0 Å². The second-order valence-corrected chi connectivity index (χ2v) is 6.95. The second-order valence-electron chi connectivity index (χ2n) is 6.95. The number of ether oxygens (including phenoxy) is 2. The average Bonchev–Trinajstić information content (AvgIpc) is 2.77. The van der Waals surface area contributed by atoms with Crippen molar-refractivity contribution < 1.29 is 14.3 Å². The van der Waals surface area contributed by atoms with E-state index >= 15 is 0 Å². The Bertz CT molecular complexity index is 848. The molecule has 0 atom stereocenters. The summed E-state index contributed by atoms with van der Waals surface area (Å²) in [5, 5.41) is 6.61. The summed E-state index contributed by atoms with van der Waals surface area (Å²) in [5.74, 6) is 2.38. The molecule has 0 bridgehead atoms. The maximum atomic E-state index is 12.0. The smallest absolute Gasteiger partial charge is 0.253 e. The fourth-order valence-corrected chi connectivity index (χ4v) is 2.92. The summed E-state index contributed by atoms with van der Waals surface area (Å²) in [6, 6.07) is 13.3. The van der Waals surface area contributed by atoms with E-state index < -0.39 is 0 Å².